The normalized spacial score (nSPS) is 13.1. The van der Waals surface area contributed by atoms with Gasteiger partial charge in [-0.2, -0.15) is 0 Å². The summed E-state index contributed by atoms with van der Waals surface area (Å²) in [6.07, 6.45) is 2.94. The number of anilines is 6. The van der Waals surface area contributed by atoms with Crippen molar-refractivity contribution in [3.8, 4) is 39.1 Å². The average molecular weight is 1070 g/mol. The van der Waals surface area contributed by atoms with Gasteiger partial charge in [-0.15, -0.1) is 0 Å². The van der Waals surface area contributed by atoms with E-state index >= 15 is 0 Å². The van der Waals surface area contributed by atoms with Crippen LogP contribution in [0.4, 0.5) is 34.1 Å². The van der Waals surface area contributed by atoms with Crippen LogP contribution in [0.3, 0.4) is 0 Å². The second-order valence-corrected chi connectivity index (χ2v) is 25.1. The van der Waals surface area contributed by atoms with E-state index in [0.29, 0.717) is 0 Å². The Balaban J connectivity index is 1.11. The zero-order valence-corrected chi connectivity index (χ0v) is 48.5. The summed E-state index contributed by atoms with van der Waals surface area (Å²) in [6, 6.07) is 89.0. The molecule has 0 spiro atoms. The number of aromatic nitrogens is 1. The highest BCUT2D eigenvalue weighted by Crippen LogP contribution is 2.53. The third kappa shape index (κ3) is 8.18. The Morgan fingerprint density at radius 1 is 0.410 bits per heavy atom. The molecule has 0 radical (unpaired) electrons. The number of nitrogens with zero attached hydrogens (tertiary/aromatic N) is 3. The molecule has 13 aromatic rings. The average Bonchev–Trinajstić information content (AvgIpc) is 1.80. The molecule has 0 amide bonds. The molecule has 83 heavy (non-hydrogen) atoms. The van der Waals surface area contributed by atoms with Crippen LogP contribution in [0.1, 0.15) is 78.0 Å². The quantitative estimate of drug-likeness (QED) is 0.135. The maximum Gasteiger partial charge on any atom is 0.252 e. The topological polar surface area (TPSA) is 24.6 Å². The van der Waals surface area contributed by atoms with Crippen molar-refractivity contribution < 1.29 is 4.42 Å². The molecule has 0 unspecified atom stereocenters. The molecule has 4 nitrogen and oxygen atoms in total. The van der Waals surface area contributed by atoms with Gasteiger partial charge >= 0.3 is 0 Å². The number of benzene rings is 11. The fraction of sp³-hybridized carbons (Fsp3) is 0.154. The maximum absolute atomic E-state index is 7.10. The van der Waals surface area contributed by atoms with E-state index in [2.05, 4.69) is 299 Å². The number of fused-ring (bicyclic) bond motifs is 10. The van der Waals surface area contributed by atoms with Crippen LogP contribution in [0, 0.1) is 0 Å². The van der Waals surface area contributed by atoms with Crippen LogP contribution in [-0.2, 0) is 17.3 Å². The standard InChI is InChI=1S/C78H66BN3O/c1-8-9-31-61-68(43-40-60-59-34-21-24-37-73(59)83-76(60)61)81-70-49-56(80-66-35-22-19-32-57(66)58-33-20-23-36-67(58)80)39-41-64(70)79-65-44-53(50-25-13-10-14-26-50)38-42-69(65)82(72-48-55(78(5,6)7)47-71(81)74(72)79)75-62(51-27-15-11-16-28-51)45-54(77(2,3)4)46-63(75)52-29-17-12-18-30-52/h10-30,32-49H,8-9,31H2,1-7H3. The van der Waals surface area contributed by atoms with E-state index in [-0.39, 0.29) is 17.5 Å². The fourth-order valence-electron chi connectivity index (χ4n) is 13.7. The van der Waals surface area contributed by atoms with E-state index in [9.17, 15) is 0 Å². The van der Waals surface area contributed by atoms with E-state index in [1.54, 1.807) is 0 Å². The molecule has 0 saturated carbocycles. The molecule has 2 aromatic heterocycles. The molecule has 0 aliphatic carbocycles. The maximum atomic E-state index is 7.10. The number of aryl methyl sites for hydroxylation is 1. The lowest BCUT2D eigenvalue weighted by atomic mass is 9.33. The lowest BCUT2D eigenvalue weighted by molar-refractivity contribution is 0.590. The molecule has 11 aromatic carbocycles. The Kier molecular flexibility index (Phi) is 11.8. The summed E-state index contributed by atoms with van der Waals surface area (Å²) in [4.78, 5) is 5.35. The summed E-state index contributed by atoms with van der Waals surface area (Å²) in [6.45, 7) is 16.3. The van der Waals surface area contributed by atoms with Crippen LogP contribution in [0.25, 0.3) is 82.8 Å². The fourth-order valence-corrected chi connectivity index (χ4v) is 13.7. The van der Waals surface area contributed by atoms with Crippen LogP contribution in [0.15, 0.2) is 241 Å². The monoisotopic (exact) mass is 1070 g/mol. The van der Waals surface area contributed by atoms with Crippen molar-refractivity contribution in [2.45, 2.75) is 78.6 Å². The molecule has 0 atom stereocenters. The number of para-hydroxylation sites is 3. The lowest BCUT2D eigenvalue weighted by Crippen LogP contribution is -2.61. The third-order valence-electron chi connectivity index (χ3n) is 17.9. The second-order valence-electron chi connectivity index (χ2n) is 25.1. The van der Waals surface area contributed by atoms with Gasteiger partial charge in [0.05, 0.1) is 22.4 Å². The van der Waals surface area contributed by atoms with E-state index in [4.69, 9.17) is 4.42 Å². The van der Waals surface area contributed by atoms with E-state index in [1.807, 2.05) is 0 Å². The molecule has 5 heteroatoms. The second kappa shape index (κ2) is 19.4. The minimum atomic E-state index is -0.241. The Morgan fingerprint density at radius 2 is 0.952 bits per heavy atom. The first kappa shape index (κ1) is 50.6. The highest BCUT2D eigenvalue weighted by Gasteiger charge is 2.46. The molecule has 0 N–H and O–H groups in total. The van der Waals surface area contributed by atoms with E-state index < -0.39 is 0 Å². The molecule has 4 heterocycles. The highest BCUT2D eigenvalue weighted by molar-refractivity contribution is 7.00. The summed E-state index contributed by atoms with van der Waals surface area (Å²) < 4.78 is 9.59. The Hall–Kier alpha value is -9.32. The predicted molar refractivity (Wildman–Crippen MR) is 354 cm³/mol. The Bertz CT molecular complexity index is 4580. The van der Waals surface area contributed by atoms with E-state index in [0.717, 1.165) is 52.6 Å². The minimum absolute atomic E-state index is 0.134. The van der Waals surface area contributed by atoms with Gasteiger partial charge in [0.1, 0.15) is 11.2 Å². The minimum Gasteiger partial charge on any atom is -0.456 e. The van der Waals surface area contributed by atoms with Crippen LogP contribution in [0.2, 0.25) is 0 Å². The Labute approximate surface area is 488 Å². The first-order valence-corrected chi connectivity index (χ1v) is 29.8. The van der Waals surface area contributed by atoms with Crippen molar-refractivity contribution in [2.75, 3.05) is 9.80 Å². The molecule has 2 aliphatic heterocycles. The first-order valence-electron chi connectivity index (χ1n) is 29.8. The van der Waals surface area contributed by atoms with E-state index in [1.165, 1.54) is 117 Å². The van der Waals surface area contributed by atoms with Crippen molar-refractivity contribution in [1.29, 1.82) is 0 Å². The largest absolute Gasteiger partial charge is 0.456 e. The zero-order valence-electron chi connectivity index (χ0n) is 48.5. The summed E-state index contributed by atoms with van der Waals surface area (Å²) in [5.41, 5.74) is 26.8. The third-order valence-corrected chi connectivity index (χ3v) is 17.9. The van der Waals surface area contributed by atoms with Gasteiger partial charge in [0.25, 0.3) is 6.71 Å². The van der Waals surface area contributed by atoms with Crippen molar-refractivity contribution in [3.05, 3.63) is 253 Å². The molecule has 15 rings (SSSR count). The van der Waals surface area contributed by atoms with Crippen LogP contribution in [0.5, 0.6) is 0 Å². The molecule has 0 saturated heterocycles. The predicted octanol–water partition coefficient (Wildman–Crippen LogP) is 19.7. The van der Waals surface area contributed by atoms with Crippen molar-refractivity contribution in [3.63, 3.8) is 0 Å². The Morgan fingerprint density at radius 3 is 1.57 bits per heavy atom. The summed E-state index contributed by atoms with van der Waals surface area (Å²) >= 11 is 0. The SMILES string of the molecule is CCCCc1c(N2c3cc(-n4c5ccccc5c5ccccc54)ccc3B3c4cc(-c5ccccc5)ccc4N(c4c(-c5ccccc5)cc(C(C)(C)C)cc4-c4ccccc4)c4cc(C(C)(C)C)cc2c43)ccc2c1oc1ccccc12. The molecule has 402 valence electrons. The smallest absolute Gasteiger partial charge is 0.252 e. The van der Waals surface area contributed by atoms with Gasteiger partial charge in [0.15, 0.2) is 0 Å². The van der Waals surface area contributed by atoms with Gasteiger partial charge in [-0.05, 0) is 146 Å². The number of rotatable bonds is 9. The van der Waals surface area contributed by atoms with Crippen LogP contribution >= 0.6 is 0 Å². The summed E-state index contributed by atoms with van der Waals surface area (Å²) in [5.74, 6) is 0. The van der Waals surface area contributed by atoms with Gasteiger partial charge in [0.2, 0.25) is 0 Å². The lowest BCUT2D eigenvalue weighted by Gasteiger charge is -2.46. The van der Waals surface area contributed by atoms with Crippen molar-refractivity contribution in [2.24, 2.45) is 0 Å². The number of hydrogen-bond acceptors (Lipinski definition) is 3. The highest BCUT2D eigenvalue weighted by atomic mass is 16.3. The van der Waals surface area contributed by atoms with Crippen molar-refractivity contribution in [1.82, 2.24) is 4.57 Å². The van der Waals surface area contributed by atoms with Gasteiger partial charge in [-0.3, -0.25) is 0 Å². The molecule has 0 bridgehead atoms. The first-order chi connectivity index (χ1) is 40.4. The van der Waals surface area contributed by atoms with Gasteiger partial charge in [0, 0.05) is 66.7 Å². The molecule has 2 aliphatic rings. The number of hydrogen-bond donors (Lipinski definition) is 0. The molecule has 0 fully saturated rings. The number of furan rings is 1. The van der Waals surface area contributed by atoms with Gasteiger partial charge in [-0.25, -0.2) is 0 Å². The van der Waals surface area contributed by atoms with Gasteiger partial charge in [-0.1, -0.05) is 219 Å². The van der Waals surface area contributed by atoms with Gasteiger partial charge < -0.3 is 18.8 Å². The van der Waals surface area contributed by atoms with Crippen LogP contribution in [-0.4, -0.2) is 11.3 Å². The van der Waals surface area contributed by atoms with Crippen molar-refractivity contribution >= 4 is 101 Å². The zero-order chi connectivity index (χ0) is 56.3. The molecular formula is C78H66BN3O. The summed E-state index contributed by atoms with van der Waals surface area (Å²) in [7, 11) is 0. The van der Waals surface area contributed by atoms with Crippen LogP contribution < -0.4 is 26.2 Å². The number of unbranched alkanes of at least 4 members (excludes halogenated alkanes) is 1. The molecular weight excluding hydrogens is 1010 g/mol. The summed E-state index contributed by atoms with van der Waals surface area (Å²) in [5, 5.41) is 4.79.